The van der Waals surface area contributed by atoms with Crippen molar-refractivity contribution in [1.82, 2.24) is 4.90 Å². The average molecular weight is 376 g/mol. The average Bonchev–Trinajstić information content (AvgIpc) is 2.41. The van der Waals surface area contributed by atoms with Crippen LogP contribution in [0.25, 0.3) is 0 Å². The molecule has 1 aliphatic rings. The zero-order valence-corrected chi connectivity index (χ0v) is 17.9. The first-order valence-corrected chi connectivity index (χ1v) is 11.5. The molecule has 1 rings (SSSR count). The van der Waals surface area contributed by atoms with Crippen LogP contribution in [0.3, 0.4) is 0 Å². The van der Waals surface area contributed by atoms with Crippen LogP contribution >= 0.6 is 11.6 Å². The summed E-state index contributed by atoms with van der Waals surface area (Å²) in [6.07, 6.45) is -0.298. The van der Waals surface area contributed by atoms with Gasteiger partial charge in [-0.15, -0.1) is 0 Å². The van der Waals surface area contributed by atoms with E-state index in [2.05, 4.69) is 33.9 Å². The summed E-state index contributed by atoms with van der Waals surface area (Å²) in [4.78, 5) is 25.9. The summed E-state index contributed by atoms with van der Waals surface area (Å²) in [7, 11) is -0.714. The summed E-state index contributed by atoms with van der Waals surface area (Å²) in [6, 6.07) is 0. The van der Waals surface area contributed by atoms with Gasteiger partial charge in [-0.2, -0.15) is 0 Å². The second-order valence-electron chi connectivity index (χ2n) is 8.03. The van der Waals surface area contributed by atoms with Crippen LogP contribution in [0.4, 0.5) is 0 Å². The van der Waals surface area contributed by atoms with Crippen molar-refractivity contribution in [1.29, 1.82) is 0 Å². The molecule has 0 aliphatic carbocycles. The Morgan fingerprint density at radius 2 is 1.79 bits per heavy atom. The second kappa shape index (κ2) is 7.18. The van der Waals surface area contributed by atoms with Gasteiger partial charge in [0.1, 0.15) is 11.2 Å². The Balaban J connectivity index is 2.96. The van der Waals surface area contributed by atoms with Gasteiger partial charge in [-0.25, -0.2) is 4.79 Å². The number of carbonyl (C=O) groups excluding carboxylic acids is 2. The lowest BCUT2D eigenvalue weighted by atomic mass is 9.91. The topological polar surface area (TPSA) is 55.8 Å². The molecule has 0 bridgehead atoms. The Labute approximate surface area is 151 Å². The number of esters is 1. The third-order valence-corrected chi connectivity index (χ3v) is 9.99. The van der Waals surface area contributed by atoms with Crippen molar-refractivity contribution in [3.05, 3.63) is 11.3 Å². The maximum Gasteiger partial charge on any atom is 0.354 e. The monoisotopic (exact) mass is 375 g/mol. The maximum absolute atomic E-state index is 12.7. The van der Waals surface area contributed by atoms with Crippen molar-refractivity contribution >= 4 is 31.8 Å². The molecule has 0 unspecified atom stereocenters. The molecule has 1 heterocycles. The lowest BCUT2D eigenvalue weighted by Gasteiger charge is -2.49. The number of alkyl halides is 1. The number of hydrogen-bond donors (Lipinski definition) is 0. The van der Waals surface area contributed by atoms with E-state index in [1.807, 2.05) is 6.92 Å². The zero-order chi connectivity index (χ0) is 19.0. The van der Waals surface area contributed by atoms with Crippen molar-refractivity contribution in [2.24, 2.45) is 5.92 Å². The Bertz CT molecular complexity index is 549. The minimum absolute atomic E-state index is 0.0483. The molecule has 5 nitrogen and oxygen atoms in total. The van der Waals surface area contributed by atoms with Gasteiger partial charge < -0.3 is 9.16 Å². The highest BCUT2D eigenvalue weighted by atomic mass is 35.5. The van der Waals surface area contributed by atoms with E-state index in [0.717, 1.165) is 0 Å². The number of β-lactam (4-membered cyclic amide) rings is 1. The van der Waals surface area contributed by atoms with Gasteiger partial charge in [-0.05, 0) is 44.5 Å². The molecule has 138 valence electrons. The third-order valence-electron chi connectivity index (χ3n) is 4.95. The zero-order valence-electron chi connectivity index (χ0n) is 16.2. The molecule has 0 radical (unpaired) electrons. The standard InChI is InChI=1S/C17H30ClNO4Si/c1-10(2)13(16(21)22-7)19-14(18)12(15(19)20)11(3)23-24(8,9)17(4,5)6/h11-12,14H,1-9H3/t11-,12+,14-/m0/s1. The van der Waals surface area contributed by atoms with Gasteiger partial charge in [0.15, 0.2) is 8.32 Å². The number of amides is 1. The van der Waals surface area contributed by atoms with Crippen LogP contribution in [0.15, 0.2) is 11.3 Å². The summed E-state index contributed by atoms with van der Waals surface area (Å²) in [5, 5.41) is 0.0483. The van der Waals surface area contributed by atoms with Crippen molar-refractivity contribution in [2.45, 2.75) is 71.3 Å². The van der Waals surface area contributed by atoms with E-state index < -0.39 is 25.7 Å². The fourth-order valence-electron chi connectivity index (χ4n) is 2.49. The Morgan fingerprint density at radius 3 is 2.12 bits per heavy atom. The lowest BCUT2D eigenvalue weighted by molar-refractivity contribution is -0.158. The Kier molecular flexibility index (Phi) is 6.34. The Morgan fingerprint density at radius 1 is 1.29 bits per heavy atom. The van der Waals surface area contributed by atoms with Crippen LogP contribution in [-0.2, 0) is 18.8 Å². The highest BCUT2D eigenvalue weighted by Crippen LogP contribution is 2.42. The molecule has 1 saturated heterocycles. The molecule has 7 heteroatoms. The van der Waals surface area contributed by atoms with Gasteiger partial charge in [0.25, 0.3) is 0 Å². The number of nitrogens with zero attached hydrogens (tertiary/aromatic N) is 1. The quantitative estimate of drug-likeness (QED) is 0.183. The van der Waals surface area contributed by atoms with Crippen molar-refractivity contribution < 1.29 is 18.8 Å². The van der Waals surface area contributed by atoms with Gasteiger partial charge in [0.05, 0.1) is 19.1 Å². The first kappa shape index (κ1) is 21.2. The first-order chi connectivity index (χ1) is 10.8. The first-order valence-electron chi connectivity index (χ1n) is 8.17. The van der Waals surface area contributed by atoms with Crippen LogP contribution in [0.1, 0.15) is 41.5 Å². The normalized spacial score (nSPS) is 22.8. The van der Waals surface area contributed by atoms with E-state index in [0.29, 0.717) is 5.57 Å². The van der Waals surface area contributed by atoms with Crippen LogP contribution in [0, 0.1) is 5.92 Å². The van der Waals surface area contributed by atoms with Crippen LogP contribution in [-0.4, -0.2) is 43.8 Å². The van der Waals surface area contributed by atoms with Crippen LogP contribution < -0.4 is 0 Å². The summed E-state index contributed by atoms with van der Waals surface area (Å²) in [6.45, 7) is 16.1. The van der Waals surface area contributed by atoms with E-state index in [-0.39, 0.29) is 22.7 Å². The van der Waals surface area contributed by atoms with Gasteiger partial charge in [-0.1, -0.05) is 32.4 Å². The van der Waals surface area contributed by atoms with Crippen molar-refractivity contribution in [3.8, 4) is 0 Å². The molecule has 0 aromatic carbocycles. The highest BCUT2D eigenvalue weighted by Gasteiger charge is 2.54. The molecular formula is C17H30ClNO4Si. The van der Waals surface area contributed by atoms with Crippen molar-refractivity contribution in [3.63, 3.8) is 0 Å². The molecule has 0 aromatic rings. The minimum atomic E-state index is -2.01. The molecule has 0 saturated carbocycles. The predicted molar refractivity (Wildman–Crippen MR) is 98.1 cm³/mol. The molecule has 3 atom stereocenters. The summed E-state index contributed by atoms with van der Waals surface area (Å²) >= 11 is 6.45. The molecule has 1 aliphatic heterocycles. The van der Waals surface area contributed by atoms with E-state index in [9.17, 15) is 9.59 Å². The number of likely N-dealkylation sites (tertiary alicyclic amines) is 1. The third kappa shape index (κ3) is 3.86. The maximum atomic E-state index is 12.7. The highest BCUT2D eigenvalue weighted by molar-refractivity contribution is 6.74. The van der Waals surface area contributed by atoms with Gasteiger partial charge >= 0.3 is 5.97 Å². The van der Waals surface area contributed by atoms with Crippen molar-refractivity contribution in [2.75, 3.05) is 7.11 Å². The van der Waals surface area contributed by atoms with Crippen LogP contribution in [0.2, 0.25) is 18.1 Å². The smallest absolute Gasteiger partial charge is 0.354 e. The summed E-state index contributed by atoms with van der Waals surface area (Å²) in [5.74, 6) is -1.20. The number of allylic oxidation sites excluding steroid dienone is 1. The molecule has 0 spiro atoms. The lowest BCUT2D eigenvalue weighted by Crippen LogP contribution is -2.63. The van der Waals surface area contributed by atoms with E-state index >= 15 is 0 Å². The molecule has 0 N–H and O–H groups in total. The summed E-state index contributed by atoms with van der Waals surface area (Å²) < 4.78 is 11.1. The SMILES string of the molecule is COC(=O)C(=C(C)C)N1C(=O)[C@H]([C@H](C)O[Si](C)(C)C(C)(C)C)[C@H]1Cl. The fraction of sp³-hybridized carbons (Fsp3) is 0.765. The van der Waals surface area contributed by atoms with Gasteiger partial charge in [0, 0.05) is 0 Å². The van der Waals surface area contributed by atoms with E-state index in [1.54, 1.807) is 13.8 Å². The number of hydrogen-bond acceptors (Lipinski definition) is 4. The number of ether oxygens (including phenoxy) is 1. The molecule has 1 fully saturated rings. The number of halogens is 1. The minimum Gasteiger partial charge on any atom is -0.464 e. The molecule has 0 aromatic heterocycles. The number of methoxy groups -OCH3 is 1. The largest absolute Gasteiger partial charge is 0.464 e. The van der Waals surface area contributed by atoms with Gasteiger partial charge in [0.2, 0.25) is 5.91 Å². The Hall–Kier alpha value is -0.853. The van der Waals surface area contributed by atoms with Crippen LogP contribution in [0.5, 0.6) is 0 Å². The van der Waals surface area contributed by atoms with E-state index in [4.69, 9.17) is 20.8 Å². The molecule has 24 heavy (non-hydrogen) atoms. The molecule has 1 amide bonds. The van der Waals surface area contributed by atoms with Gasteiger partial charge in [-0.3, -0.25) is 9.69 Å². The number of carbonyl (C=O) groups is 2. The predicted octanol–water partition coefficient (Wildman–Crippen LogP) is 3.89. The number of rotatable bonds is 5. The second-order valence-corrected chi connectivity index (χ2v) is 13.2. The van der Waals surface area contributed by atoms with E-state index in [1.165, 1.54) is 12.0 Å². The summed E-state index contributed by atoms with van der Waals surface area (Å²) in [5.41, 5.74) is 0.303. The molecular weight excluding hydrogens is 346 g/mol. The fourth-order valence-corrected chi connectivity index (χ4v) is 4.43.